The van der Waals surface area contributed by atoms with Crippen molar-refractivity contribution < 1.29 is 19.3 Å². The molecule has 0 bridgehead atoms. The fourth-order valence-corrected chi connectivity index (χ4v) is 2.74. The molecule has 20 heavy (non-hydrogen) atoms. The van der Waals surface area contributed by atoms with Crippen molar-refractivity contribution in [3.63, 3.8) is 0 Å². The first-order chi connectivity index (χ1) is 9.66. The zero-order valence-corrected chi connectivity index (χ0v) is 12.5. The molecule has 0 spiro atoms. The fraction of sp³-hybridized carbons (Fsp3) is 0.625. The molecule has 1 aliphatic rings. The number of benzene rings is 1. The maximum absolute atomic E-state index is 10.7. The van der Waals surface area contributed by atoms with Crippen molar-refractivity contribution in [2.75, 3.05) is 19.8 Å². The quantitative estimate of drug-likeness (QED) is 0.870. The van der Waals surface area contributed by atoms with Gasteiger partial charge in [0.15, 0.2) is 11.5 Å². The molecule has 4 nitrogen and oxygen atoms in total. The van der Waals surface area contributed by atoms with Crippen molar-refractivity contribution in [2.24, 2.45) is 0 Å². The monoisotopic (exact) mass is 280 g/mol. The van der Waals surface area contributed by atoms with E-state index in [2.05, 4.69) is 0 Å². The van der Waals surface area contributed by atoms with Crippen LogP contribution >= 0.6 is 0 Å². The molecule has 112 valence electrons. The Morgan fingerprint density at radius 1 is 1.15 bits per heavy atom. The molecule has 1 atom stereocenters. The van der Waals surface area contributed by atoms with E-state index in [0.717, 1.165) is 24.2 Å². The molecule has 1 unspecified atom stereocenters. The number of hydrogen-bond donors (Lipinski definition) is 1. The van der Waals surface area contributed by atoms with Gasteiger partial charge in [0.05, 0.1) is 5.60 Å². The van der Waals surface area contributed by atoms with Crippen LogP contribution in [-0.2, 0) is 4.74 Å². The number of hydrogen-bond acceptors (Lipinski definition) is 4. The van der Waals surface area contributed by atoms with Gasteiger partial charge in [0.25, 0.3) is 0 Å². The lowest BCUT2D eigenvalue weighted by Gasteiger charge is -2.36. The first kappa shape index (κ1) is 15.1. The van der Waals surface area contributed by atoms with Crippen LogP contribution in [0.4, 0.5) is 0 Å². The standard InChI is InChI=1S/C16H24O4/c1-4-16(5-2,20-6-3)15(17)12-7-8-13-14(11-12)19-10-9-18-13/h7-8,11,15,17H,4-6,9-10H2,1-3H3. The second-order valence-electron chi connectivity index (χ2n) is 5.01. The first-order valence-electron chi connectivity index (χ1n) is 7.38. The summed E-state index contributed by atoms with van der Waals surface area (Å²) >= 11 is 0. The lowest BCUT2D eigenvalue weighted by Crippen LogP contribution is -2.38. The Hall–Kier alpha value is -1.26. The molecular formula is C16H24O4. The second-order valence-corrected chi connectivity index (χ2v) is 5.01. The highest BCUT2D eigenvalue weighted by atomic mass is 16.6. The summed E-state index contributed by atoms with van der Waals surface area (Å²) in [4.78, 5) is 0. The van der Waals surface area contributed by atoms with Crippen LogP contribution in [0.3, 0.4) is 0 Å². The van der Waals surface area contributed by atoms with E-state index in [1.165, 1.54) is 0 Å². The van der Waals surface area contributed by atoms with Gasteiger partial charge in [-0.25, -0.2) is 0 Å². The number of aliphatic hydroxyl groups is 1. The van der Waals surface area contributed by atoms with Crippen LogP contribution in [0.5, 0.6) is 11.5 Å². The fourth-order valence-electron chi connectivity index (χ4n) is 2.74. The summed E-state index contributed by atoms with van der Waals surface area (Å²) in [5, 5.41) is 10.7. The van der Waals surface area contributed by atoms with Crippen molar-refractivity contribution in [1.29, 1.82) is 0 Å². The first-order valence-corrected chi connectivity index (χ1v) is 7.38. The van der Waals surface area contributed by atoms with Gasteiger partial charge in [-0.1, -0.05) is 19.9 Å². The Labute approximate surface area is 120 Å². The van der Waals surface area contributed by atoms with Gasteiger partial charge in [-0.3, -0.25) is 0 Å². The van der Waals surface area contributed by atoms with Crippen LogP contribution in [0.15, 0.2) is 18.2 Å². The van der Waals surface area contributed by atoms with E-state index in [4.69, 9.17) is 14.2 Å². The molecule has 1 aromatic rings. The highest BCUT2D eigenvalue weighted by Crippen LogP contribution is 2.39. The minimum Gasteiger partial charge on any atom is -0.486 e. The van der Waals surface area contributed by atoms with Crippen LogP contribution in [0.2, 0.25) is 0 Å². The smallest absolute Gasteiger partial charge is 0.161 e. The Balaban J connectivity index is 2.29. The van der Waals surface area contributed by atoms with Gasteiger partial charge >= 0.3 is 0 Å². The van der Waals surface area contributed by atoms with Crippen molar-refractivity contribution in [1.82, 2.24) is 0 Å². The van der Waals surface area contributed by atoms with Crippen LogP contribution in [-0.4, -0.2) is 30.5 Å². The van der Waals surface area contributed by atoms with Gasteiger partial charge in [0.2, 0.25) is 0 Å². The van der Waals surface area contributed by atoms with E-state index in [1.807, 2.05) is 39.0 Å². The van der Waals surface area contributed by atoms with Gasteiger partial charge in [-0.05, 0) is 37.5 Å². The van der Waals surface area contributed by atoms with Crippen LogP contribution in [0.1, 0.15) is 45.3 Å². The number of rotatable bonds is 6. The number of ether oxygens (including phenoxy) is 3. The van der Waals surface area contributed by atoms with Gasteiger partial charge in [-0.15, -0.1) is 0 Å². The van der Waals surface area contributed by atoms with Gasteiger partial charge in [-0.2, -0.15) is 0 Å². The molecule has 1 aromatic carbocycles. The Kier molecular flexibility index (Phi) is 4.89. The van der Waals surface area contributed by atoms with E-state index < -0.39 is 11.7 Å². The molecule has 0 saturated carbocycles. The topological polar surface area (TPSA) is 47.9 Å². The van der Waals surface area contributed by atoms with E-state index in [0.29, 0.717) is 25.6 Å². The van der Waals surface area contributed by atoms with E-state index >= 15 is 0 Å². The zero-order valence-electron chi connectivity index (χ0n) is 12.5. The van der Waals surface area contributed by atoms with Crippen molar-refractivity contribution in [3.8, 4) is 11.5 Å². The summed E-state index contributed by atoms with van der Waals surface area (Å²) in [7, 11) is 0. The molecule has 2 rings (SSSR count). The largest absolute Gasteiger partial charge is 0.486 e. The molecule has 0 radical (unpaired) electrons. The second kappa shape index (κ2) is 6.46. The molecule has 1 N–H and O–H groups in total. The minimum absolute atomic E-state index is 0.543. The molecule has 0 fully saturated rings. The molecule has 0 amide bonds. The lowest BCUT2D eigenvalue weighted by atomic mass is 9.86. The number of fused-ring (bicyclic) bond motifs is 1. The maximum atomic E-state index is 10.7. The third kappa shape index (κ3) is 2.76. The van der Waals surface area contributed by atoms with Gasteiger partial charge < -0.3 is 19.3 Å². The Bertz CT molecular complexity index is 440. The van der Waals surface area contributed by atoms with E-state index in [-0.39, 0.29) is 0 Å². The summed E-state index contributed by atoms with van der Waals surface area (Å²) in [5.41, 5.74) is 0.268. The van der Waals surface area contributed by atoms with E-state index in [1.54, 1.807) is 0 Å². The summed E-state index contributed by atoms with van der Waals surface area (Å²) in [6, 6.07) is 5.60. The highest BCUT2D eigenvalue weighted by Gasteiger charge is 2.36. The Morgan fingerprint density at radius 2 is 1.80 bits per heavy atom. The SMILES string of the molecule is CCOC(CC)(CC)C(O)c1ccc2c(c1)OCCO2. The molecule has 1 heterocycles. The summed E-state index contributed by atoms with van der Waals surface area (Å²) in [6.45, 7) is 7.74. The van der Waals surface area contributed by atoms with E-state index in [9.17, 15) is 5.11 Å². The van der Waals surface area contributed by atoms with Crippen molar-refractivity contribution in [2.45, 2.75) is 45.3 Å². The van der Waals surface area contributed by atoms with Crippen molar-refractivity contribution >= 4 is 0 Å². The summed E-state index contributed by atoms with van der Waals surface area (Å²) < 4.78 is 16.9. The Morgan fingerprint density at radius 3 is 2.40 bits per heavy atom. The maximum Gasteiger partial charge on any atom is 0.161 e. The highest BCUT2D eigenvalue weighted by molar-refractivity contribution is 5.44. The predicted molar refractivity (Wildman–Crippen MR) is 77.3 cm³/mol. The molecule has 0 aromatic heterocycles. The molecule has 0 saturated heterocycles. The van der Waals surface area contributed by atoms with Crippen LogP contribution in [0.25, 0.3) is 0 Å². The minimum atomic E-state index is -0.673. The van der Waals surface area contributed by atoms with Crippen LogP contribution in [0, 0.1) is 0 Å². The average Bonchev–Trinajstić information content (AvgIpc) is 2.51. The normalized spacial score (nSPS) is 16.0. The molecule has 4 heteroatoms. The average molecular weight is 280 g/mol. The zero-order chi connectivity index (χ0) is 14.6. The number of aliphatic hydroxyl groups excluding tert-OH is 1. The third-order valence-corrected chi connectivity index (χ3v) is 4.01. The predicted octanol–water partition coefficient (Wildman–Crippen LogP) is 3.09. The van der Waals surface area contributed by atoms with Gasteiger partial charge in [0, 0.05) is 6.61 Å². The molecular weight excluding hydrogens is 256 g/mol. The molecule has 0 aliphatic carbocycles. The van der Waals surface area contributed by atoms with Crippen LogP contribution < -0.4 is 9.47 Å². The van der Waals surface area contributed by atoms with Gasteiger partial charge in [0.1, 0.15) is 19.3 Å². The lowest BCUT2D eigenvalue weighted by molar-refractivity contribution is -0.127. The summed E-state index contributed by atoms with van der Waals surface area (Å²) in [5.74, 6) is 1.44. The summed E-state index contributed by atoms with van der Waals surface area (Å²) in [6.07, 6.45) is 0.841. The molecule has 1 aliphatic heterocycles. The third-order valence-electron chi connectivity index (χ3n) is 4.01. The van der Waals surface area contributed by atoms with Crippen molar-refractivity contribution in [3.05, 3.63) is 23.8 Å².